The predicted octanol–water partition coefficient (Wildman–Crippen LogP) is 6.75. The fourth-order valence-corrected chi connectivity index (χ4v) is 4.68. The molecule has 32 heavy (non-hydrogen) atoms. The number of carbonyl (C=O) groups is 1. The molecule has 4 aromatic rings. The number of benzene rings is 3. The maximum atomic E-state index is 12.2. The second-order valence-corrected chi connectivity index (χ2v) is 9.64. The molecule has 0 atom stereocenters. The molecule has 1 aromatic heterocycles. The molecule has 1 amide bonds. The number of hydrogen-bond donors (Lipinski definition) is 1. The van der Waals surface area contributed by atoms with E-state index in [4.69, 9.17) is 4.98 Å². The summed E-state index contributed by atoms with van der Waals surface area (Å²) in [7, 11) is 0. The van der Waals surface area contributed by atoms with Gasteiger partial charge in [0.05, 0.1) is 11.0 Å². The standard InChI is InChI=1S/C26H25Br2N3O/c27-21-10-6-8-19(16-21)18-31-24-13-4-3-12-23(24)30-25(31)14-2-1-5-15-29-26(32)20-9-7-11-22(28)17-20/h3-4,6-13,16-17H,1-2,5,14-15,18H2,(H,29,32). The van der Waals surface area contributed by atoms with Crippen molar-refractivity contribution in [3.05, 3.63) is 98.7 Å². The Labute approximate surface area is 205 Å². The summed E-state index contributed by atoms with van der Waals surface area (Å²) in [6.07, 6.45) is 3.95. The van der Waals surface area contributed by atoms with Crippen LogP contribution >= 0.6 is 31.9 Å². The number of para-hydroxylation sites is 2. The van der Waals surface area contributed by atoms with Crippen LogP contribution < -0.4 is 5.32 Å². The Bertz CT molecular complexity index is 1220. The number of unbranched alkanes of at least 4 members (excludes halogenated alkanes) is 2. The van der Waals surface area contributed by atoms with Crippen LogP contribution in [0.25, 0.3) is 11.0 Å². The molecule has 1 heterocycles. The number of imidazole rings is 1. The van der Waals surface area contributed by atoms with Crippen molar-refractivity contribution >= 4 is 48.8 Å². The Morgan fingerprint density at radius 2 is 1.66 bits per heavy atom. The lowest BCUT2D eigenvalue weighted by atomic mass is 10.1. The number of nitrogens with one attached hydrogen (secondary N) is 1. The second-order valence-electron chi connectivity index (χ2n) is 7.81. The third-order valence-electron chi connectivity index (χ3n) is 5.41. The minimum Gasteiger partial charge on any atom is -0.352 e. The number of halogens is 2. The summed E-state index contributed by atoms with van der Waals surface area (Å²) in [4.78, 5) is 17.1. The summed E-state index contributed by atoms with van der Waals surface area (Å²) in [5.41, 5.74) is 4.14. The fourth-order valence-electron chi connectivity index (χ4n) is 3.83. The van der Waals surface area contributed by atoms with E-state index in [2.05, 4.69) is 78.1 Å². The molecule has 0 spiro atoms. The second kappa shape index (κ2) is 10.9. The smallest absolute Gasteiger partial charge is 0.251 e. The number of rotatable bonds is 9. The highest BCUT2D eigenvalue weighted by Crippen LogP contribution is 2.21. The van der Waals surface area contributed by atoms with Gasteiger partial charge in [-0.3, -0.25) is 4.79 Å². The van der Waals surface area contributed by atoms with Crippen molar-refractivity contribution in [2.75, 3.05) is 6.54 Å². The maximum Gasteiger partial charge on any atom is 0.251 e. The molecule has 164 valence electrons. The first-order valence-electron chi connectivity index (χ1n) is 10.8. The first kappa shape index (κ1) is 22.7. The van der Waals surface area contributed by atoms with E-state index in [1.165, 1.54) is 11.1 Å². The van der Waals surface area contributed by atoms with Gasteiger partial charge in [-0.15, -0.1) is 0 Å². The highest BCUT2D eigenvalue weighted by Gasteiger charge is 2.11. The van der Waals surface area contributed by atoms with Crippen LogP contribution in [0, 0.1) is 0 Å². The maximum absolute atomic E-state index is 12.2. The zero-order chi connectivity index (χ0) is 22.3. The fraction of sp³-hybridized carbons (Fsp3) is 0.231. The van der Waals surface area contributed by atoms with Gasteiger partial charge in [0.1, 0.15) is 5.82 Å². The normalized spacial score (nSPS) is 11.1. The van der Waals surface area contributed by atoms with Gasteiger partial charge in [-0.1, -0.05) is 68.6 Å². The van der Waals surface area contributed by atoms with E-state index >= 15 is 0 Å². The average Bonchev–Trinajstić information content (AvgIpc) is 3.13. The molecule has 0 bridgehead atoms. The molecule has 4 rings (SSSR count). The minimum atomic E-state index is -0.0258. The molecule has 0 saturated heterocycles. The molecule has 0 fully saturated rings. The predicted molar refractivity (Wildman–Crippen MR) is 137 cm³/mol. The Hall–Kier alpha value is -2.44. The Morgan fingerprint density at radius 1 is 0.875 bits per heavy atom. The quantitative estimate of drug-likeness (QED) is 0.232. The first-order chi connectivity index (χ1) is 15.6. The van der Waals surface area contributed by atoms with Gasteiger partial charge in [-0.25, -0.2) is 4.98 Å². The molecule has 0 radical (unpaired) electrons. The average molecular weight is 555 g/mol. The largest absolute Gasteiger partial charge is 0.352 e. The van der Waals surface area contributed by atoms with Gasteiger partial charge in [0.2, 0.25) is 0 Å². The lowest BCUT2D eigenvalue weighted by Gasteiger charge is -2.10. The zero-order valence-corrected chi connectivity index (χ0v) is 20.9. The topological polar surface area (TPSA) is 46.9 Å². The van der Waals surface area contributed by atoms with Gasteiger partial charge in [0.25, 0.3) is 5.91 Å². The van der Waals surface area contributed by atoms with E-state index in [0.717, 1.165) is 52.5 Å². The molecule has 0 unspecified atom stereocenters. The number of aromatic nitrogens is 2. The van der Waals surface area contributed by atoms with Crippen molar-refractivity contribution < 1.29 is 4.79 Å². The van der Waals surface area contributed by atoms with Crippen molar-refractivity contribution in [3.63, 3.8) is 0 Å². The zero-order valence-electron chi connectivity index (χ0n) is 17.7. The molecule has 0 aliphatic rings. The molecule has 1 N–H and O–H groups in total. The van der Waals surface area contributed by atoms with Crippen molar-refractivity contribution in [1.29, 1.82) is 0 Å². The summed E-state index contributed by atoms with van der Waals surface area (Å²) < 4.78 is 4.33. The number of amides is 1. The van der Waals surface area contributed by atoms with Crippen molar-refractivity contribution in [1.82, 2.24) is 14.9 Å². The van der Waals surface area contributed by atoms with Crippen LogP contribution in [0.4, 0.5) is 0 Å². The van der Waals surface area contributed by atoms with Gasteiger partial charge in [-0.2, -0.15) is 0 Å². The van der Waals surface area contributed by atoms with E-state index in [9.17, 15) is 4.79 Å². The molecule has 6 heteroatoms. The van der Waals surface area contributed by atoms with Gasteiger partial charge >= 0.3 is 0 Å². The summed E-state index contributed by atoms with van der Waals surface area (Å²) in [6, 6.07) is 24.2. The molecular weight excluding hydrogens is 530 g/mol. The van der Waals surface area contributed by atoms with Crippen LogP contribution in [-0.4, -0.2) is 22.0 Å². The van der Waals surface area contributed by atoms with Crippen LogP contribution in [0.5, 0.6) is 0 Å². The third kappa shape index (κ3) is 5.87. The SMILES string of the molecule is O=C(NCCCCCc1nc2ccccc2n1Cc1cccc(Br)c1)c1cccc(Br)c1. The Kier molecular flexibility index (Phi) is 7.76. The van der Waals surface area contributed by atoms with Crippen LogP contribution in [0.2, 0.25) is 0 Å². The Balaban J connectivity index is 1.32. The molecule has 4 nitrogen and oxygen atoms in total. The van der Waals surface area contributed by atoms with Crippen LogP contribution in [0.15, 0.2) is 81.7 Å². The molecular formula is C26H25Br2N3O. The van der Waals surface area contributed by atoms with Crippen molar-refractivity contribution in [2.24, 2.45) is 0 Å². The molecule has 3 aromatic carbocycles. The summed E-state index contributed by atoms with van der Waals surface area (Å²) in [5, 5.41) is 3.01. The molecule has 0 aliphatic carbocycles. The van der Waals surface area contributed by atoms with Crippen molar-refractivity contribution in [3.8, 4) is 0 Å². The number of aryl methyl sites for hydroxylation is 1. The summed E-state index contributed by atoms with van der Waals surface area (Å²) in [5.74, 6) is 1.09. The van der Waals surface area contributed by atoms with E-state index in [0.29, 0.717) is 12.1 Å². The molecule has 0 aliphatic heterocycles. The Morgan fingerprint density at radius 3 is 2.47 bits per heavy atom. The number of carbonyl (C=O) groups excluding carboxylic acids is 1. The molecule has 0 saturated carbocycles. The van der Waals surface area contributed by atoms with Gasteiger partial charge in [0.15, 0.2) is 0 Å². The van der Waals surface area contributed by atoms with Crippen LogP contribution in [0.1, 0.15) is 41.0 Å². The number of fused-ring (bicyclic) bond motifs is 1. The number of hydrogen-bond acceptors (Lipinski definition) is 2. The first-order valence-corrected chi connectivity index (χ1v) is 12.4. The minimum absolute atomic E-state index is 0.0258. The lowest BCUT2D eigenvalue weighted by molar-refractivity contribution is 0.0953. The van der Waals surface area contributed by atoms with Crippen LogP contribution in [0.3, 0.4) is 0 Å². The summed E-state index contributed by atoms with van der Waals surface area (Å²) >= 11 is 6.98. The number of nitrogens with zero attached hydrogens (tertiary/aromatic N) is 2. The highest BCUT2D eigenvalue weighted by molar-refractivity contribution is 9.10. The van der Waals surface area contributed by atoms with E-state index in [1.54, 1.807) is 0 Å². The van der Waals surface area contributed by atoms with Crippen LogP contribution in [-0.2, 0) is 13.0 Å². The summed E-state index contributed by atoms with van der Waals surface area (Å²) in [6.45, 7) is 1.48. The van der Waals surface area contributed by atoms with Gasteiger partial charge in [0, 0.05) is 34.0 Å². The van der Waals surface area contributed by atoms with Crippen molar-refractivity contribution in [2.45, 2.75) is 32.2 Å². The lowest BCUT2D eigenvalue weighted by Crippen LogP contribution is -2.24. The van der Waals surface area contributed by atoms with E-state index in [1.807, 2.05) is 36.4 Å². The third-order valence-corrected chi connectivity index (χ3v) is 6.40. The van der Waals surface area contributed by atoms with Gasteiger partial charge < -0.3 is 9.88 Å². The van der Waals surface area contributed by atoms with Gasteiger partial charge in [-0.05, 0) is 60.9 Å². The van der Waals surface area contributed by atoms with E-state index in [-0.39, 0.29) is 5.91 Å². The highest BCUT2D eigenvalue weighted by atomic mass is 79.9. The monoisotopic (exact) mass is 553 g/mol. The van der Waals surface area contributed by atoms with E-state index < -0.39 is 0 Å².